The van der Waals surface area contributed by atoms with Crippen LogP contribution < -0.4 is 21.7 Å². The molecule has 0 aliphatic rings. The van der Waals surface area contributed by atoms with E-state index in [-0.39, 0.29) is 6.42 Å². The first-order chi connectivity index (χ1) is 13.1. The van der Waals surface area contributed by atoms with Gasteiger partial charge in [0.2, 0.25) is 17.7 Å². The van der Waals surface area contributed by atoms with Crippen molar-refractivity contribution in [2.45, 2.75) is 37.9 Å². The molecule has 1 rings (SSSR count). The van der Waals surface area contributed by atoms with Crippen LogP contribution in [0.1, 0.15) is 19.0 Å². The maximum Gasteiger partial charge on any atom is 0.322 e. The molecule has 0 fully saturated rings. The van der Waals surface area contributed by atoms with E-state index in [0.29, 0.717) is 5.69 Å². The highest BCUT2D eigenvalue weighted by molar-refractivity contribution is 5.95. The SMILES string of the molecule is CC(NC(=O)C(CC(=O)O)NC(=O)C(N)Cc1cnc[nH]1)C(=O)NCC(=O)O. The number of hydrogen-bond donors (Lipinski definition) is 7. The number of aromatic nitrogens is 2. The Kier molecular flexibility index (Phi) is 8.55. The van der Waals surface area contributed by atoms with Crippen molar-refractivity contribution >= 4 is 29.7 Å². The number of aliphatic carboxylic acids is 2. The number of nitrogens with two attached hydrogens (primary N) is 1. The molecule has 28 heavy (non-hydrogen) atoms. The molecule has 3 atom stereocenters. The van der Waals surface area contributed by atoms with Gasteiger partial charge in [-0.05, 0) is 6.92 Å². The second-order valence-electron chi connectivity index (χ2n) is 5.89. The monoisotopic (exact) mass is 398 g/mol. The normalized spacial score (nSPS) is 13.6. The number of imidazole rings is 1. The Balaban J connectivity index is 2.68. The number of carbonyl (C=O) groups is 5. The van der Waals surface area contributed by atoms with E-state index >= 15 is 0 Å². The standard InChI is InChI=1S/C15H22N6O7/c1-7(13(26)18-5-12(24)25)20-15(28)10(3-11(22)23)21-14(27)9(16)2-8-4-17-6-19-8/h4,6-7,9-10H,2-3,5,16H2,1H3,(H,17,19)(H,18,26)(H,20,28)(H,21,27)(H,22,23)(H,24,25). The van der Waals surface area contributed by atoms with Crippen LogP contribution >= 0.6 is 0 Å². The Morgan fingerprint density at radius 3 is 2.32 bits per heavy atom. The summed E-state index contributed by atoms with van der Waals surface area (Å²) in [6.45, 7) is 0.634. The lowest BCUT2D eigenvalue weighted by molar-refractivity contribution is -0.141. The van der Waals surface area contributed by atoms with Crippen LogP contribution in [0.2, 0.25) is 0 Å². The fourth-order valence-electron chi connectivity index (χ4n) is 2.08. The van der Waals surface area contributed by atoms with E-state index in [0.717, 1.165) is 0 Å². The minimum atomic E-state index is -1.48. The zero-order valence-corrected chi connectivity index (χ0v) is 15.0. The third kappa shape index (κ3) is 7.82. The third-order valence-corrected chi connectivity index (χ3v) is 3.51. The summed E-state index contributed by atoms with van der Waals surface area (Å²) in [5, 5.41) is 24.0. The van der Waals surface area contributed by atoms with Gasteiger partial charge < -0.3 is 36.9 Å². The maximum absolute atomic E-state index is 12.3. The van der Waals surface area contributed by atoms with E-state index < -0.39 is 60.8 Å². The summed E-state index contributed by atoms with van der Waals surface area (Å²) in [5.41, 5.74) is 6.32. The number of amides is 3. The van der Waals surface area contributed by atoms with Crippen LogP contribution in [0.4, 0.5) is 0 Å². The Morgan fingerprint density at radius 1 is 1.11 bits per heavy atom. The van der Waals surface area contributed by atoms with Crippen molar-refractivity contribution in [3.8, 4) is 0 Å². The van der Waals surface area contributed by atoms with Crippen LogP contribution in [0.15, 0.2) is 12.5 Å². The van der Waals surface area contributed by atoms with Gasteiger partial charge in [-0.15, -0.1) is 0 Å². The number of carboxylic acids is 2. The molecule has 1 aromatic rings. The summed E-state index contributed by atoms with van der Waals surface area (Å²) < 4.78 is 0. The van der Waals surface area contributed by atoms with Gasteiger partial charge in [-0.3, -0.25) is 24.0 Å². The predicted molar refractivity (Wildman–Crippen MR) is 92.7 cm³/mol. The summed E-state index contributed by atoms with van der Waals surface area (Å²) in [6.07, 6.45) is 2.21. The molecule has 0 aliphatic carbocycles. The molecule has 3 unspecified atom stereocenters. The first kappa shape index (κ1) is 22.6. The third-order valence-electron chi connectivity index (χ3n) is 3.51. The molecule has 0 saturated carbocycles. The zero-order valence-electron chi connectivity index (χ0n) is 15.0. The molecule has 0 bridgehead atoms. The first-order valence-corrected chi connectivity index (χ1v) is 8.15. The smallest absolute Gasteiger partial charge is 0.322 e. The zero-order chi connectivity index (χ0) is 21.3. The predicted octanol–water partition coefficient (Wildman–Crippen LogP) is -3.06. The van der Waals surface area contributed by atoms with Gasteiger partial charge in [0.05, 0.1) is 18.8 Å². The van der Waals surface area contributed by atoms with Crippen LogP contribution in [0.3, 0.4) is 0 Å². The highest BCUT2D eigenvalue weighted by atomic mass is 16.4. The van der Waals surface area contributed by atoms with Crippen molar-refractivity contribution < 1.29 is 34.2 Å². The molecule has 13 heteroatoms. The van der Waals surface area contributed by atoms with E-state index in [2.05, 4.69) is 25.9 Å². The average molecular weight is 398 g/mol. The number of hydrogen-bond acceptors (Lipinski definition) is 7. The maximum atomic E-state index is 12.3. The van der Waals surface area contributed by atoms with Crippen LogP contribution in [0.5, 0.6) is 0 Å². The molecule has 1 heterocycles. The number of aromatic amines is 1. The summed E-state index contributed by atoms with van der Waals surface area (Å²) >= 11 is 0. The van der Waals surface area contributed by atoms with Crippen LogP contribution in [0, 0.1) is 0 Å². The van der Waals surface area contributed by atoms with Gasteiger partial charge in [-0.1, -0.05) is 0 Å². The van der Waals surface area contributed by atoms with Gasteiger partial charge in [-0.25, -0.2) is 4.98 Å². The molecule has 3 amide bonds. The minimum Gasteiger partial charge on any atom is -0.481 e. The molecule has 8 N–H and O–H groups in total. The van der Waals surface area contributed by atoms with Gasteiger partial charge in [-0.2, -0.15) is 0 Å². The molecule has 0 aromatic carbocycles. The average Bonchev–Trinajstić information content (AvgIpc) is 3.11. The Hall–Kier alpha value is -3.48. The van der Waals surface area contributed by atoms with Crippen molar-refractivity contribution in [3.05, 3.63) is 18.2 Å². The van der Waals surface area contributed by atoms with E-state index in [9.17, 15) is 24.0 Å². The van der Waals surface area contributed by atoms with E-state index in [1.54, 1.807) is 0 Å². The molecule has 0 spiro atoms. The number of nitrogens with one attached hydrogen (secondary N) is 4. The Bertz CT molecular complexity index is 720. The molecule has 0 radical (unpaired) electrons. The largest absolute Gasteiger partial charge is 0.481 e. The summed E-state index contributed by atoms with van der Waals surface area (Å²) in [5.74, 6) is -5.10. The van der Waals surface area contributed by atoms with Gasteiger partial charge >= 0.3 is 11.9 Å². The topological polar surface area (TPSA) is 217 Å². The summed E-state index contributed by atoms with van der Waals surface area (Å²) in [6, 6.07) is -3.70. The van der Waals surface area contributed by atoms with Crippen molar-refractivity contribution in [1.29, 1.82) is 0 Å². The van der Waals surface area contributed by atoms with Crippen LogP contribution in [-0.4, -0.2) is 74.5 Å². The number of H-pyrrole nitrogens is 1. The number of carbonyl (C=O) groups excluding carboxylic acids is 3. The highest BCUT2D eigenvalue weighted by Crippen LogP contribution is 2.00. The molecule has 0 saturated heterocycles. The molecule has 13 nitrogen and oxygen atoms in total. The lowest BCUT2D eigenvalue weighted by atomic mass is 10.1. The molecule has 0 aliphatic heterocycles. The second kappa shape index (κ2) is 10.6. The Morgan fingerprint density at radius 2 is 1.79 bits per heavy atom. The minimum absolute atomic E-state index is 0.0846. The highest BCUT2D eigenvalue weighted by Gasteiger charge is 2.28. The van der Waals surface area contributed by atoms with E-state index in [4.69, 9.17) is 15.9 Å². The fourth-order valence-corrected chi connectivity index (χ4v) is 2.08. The van der Waals surface area contributed by atoms with Gasteiger partial charge in [0.15, 0.2) is 0 Å². The first-order valence-electron chi connectivity index (χ1n) is 8.15. The number of rotatable bonds is 11. The molecular weight excluding hydrogens is 376 g/mol. The lowest BCUT2D eigenvalue weighted by Crippen LogP contribution is -2.56. The van der Waals surface area contributed by atoms with Crippen molar-refractivity contribution in [1.82, 2.24) is 25.9 Å². The number of nitrogens with zero attached hydrogens (tertiary/aromatic N) is 1. The lowest BCUT2D eigenvalue weighted by Gasteiger charge is -2.21. The fraction of sp³-hybridized carbons (Fsp3) is 0.467. The van der Waals surface area contributed by atoms with Gasteiger partial charge in [0.25, 0.3) is 0 Å². The van der Waals surface area contributed by atoms with E-state index in [1.807, 2.05) is 0 Å². The molecule has 154 valence electrons. The summed E-state index contributed by atoms with van der Waals surface area (Å²) in [4.78, 5) is 64.1. The number of carboxylic acid groups (broad SMARTS) is 2. The van der Waals surface area contributed by atoms with Gasteiger partial charge in [0.1, 0.15) is 18.6 Å². The summed E-state index contributed by atoms with van der Waals surface area (Å²) in [7, 11) is 0. The van der Waals surface area contributed by atoms with Gasteiger partial charge in [0, 0.05) is 18.3 Å². The Labute approximate surface area is 159 Å². The van der Waals surface area contributed by atoms with Crippen LogP contribution in [0.25, 0.3) is 0 Å². The van der Waals surface area contributed by atoms with Crippen molar-refractivity contribution in [2.75, 3.05) is 6.54 Å². The second-order valence-corrected chi connectivity index (χ2v) is 5.89. The van der Waals surface area contributed by atoms with Crippen LogP contribution in [-0.2, 0) is 30.4 Å². The quantitative estimate of drug-likeness (QED) is 0.201. The van der Waals surface area contributed by atoms with Crippen molar-refractivity contribution in [3.63, 3.8) is 0 Å². The van der Waals surface area contributed by atoms with E-state index in [1.165, 1.54) is 19.4 Å². The molecule has 1 aromatic heterocycles. The van der Waals surface area contributed by atoms with Crippen molar-refractivity contribution in [2.24, 2.45) is 5.73 Å². The molecular formula is C15H22N6O7.